The van der Waals surface area contributed by atoms with Crippen molar-refractivity contribution in [3.63, 3.8) is 0 Å². The smallest absolute Gasteiger partial charge is 0.204 e. The van der Waals surface area contributed by atoms with Gasteiger partial charge in [0.2, 0.25) is 9.84 Å². The van der Waals surface area contributed by atoms with Crippen molar-refractivity contribution in [1.82, 2.24) is 0 Å². The average Bonchev–Trinajstić information content (AvgIpc) is 2.50. The number of ether oxygens (including phenoxy) is 1. The summed E-state index contributed by atoms with van der Waals surface area (Å²) in [4.78, 5) is 11.3. The third-order valence-corrected chi connectivity index (χ3v) is 4.15. The van der Waals surface area contributed by atoms with Crippen molar-refractivity contribution < 1.29 is 17.9 Å². The number of rotatable bonds is 3. The van der Waals surface area contributed by atoms with E-state index < -0.39 is 9.84 Å². The lowest BCUT2D eigenvalue weighted by Crippen LogP contribution is -1.98. The zero-order chi connectivity index (χ0) is 12.6. The van der Waals surface area contributed by atoms with Gasteiger partial charge in [-0.2, -0.15) is 0 Å². The van der Waals surface area contributed by atoms with Crippen LogP contribution in [-0.2, 0) is 14.6 Å². The van der Waals surface area contributed by atoms with E-state index in [1.165, 1.54) is 14.0 Å². The molecular formula is C12H12O4S. The van der Waals surface area contributed by atoms with E-state index in [9.17, 15) is 13.2 Å². The predicted molar refractivity (Wildman–Crippen MR) is 63.5 cm³/mol. The highest BCUT2D eigenvalue weighted by atomic mass is 32.2. The molecule has 0 amide bonds. The normalized spacial score (nSPS) is 16.2. The molecule has 0 fully saturated rings. The second-order valence-electron chi connectivity index (χ2n) is 3.90. The summed E-state index contributed by atoms with van der Waals surface area (Å²) in [6.07, 6.45) is 0.124. The molecule has 90 valence electrons. The zero-order valence-corrected chi connectivity index (χ0v) is 10.4. The number of ketones is 1. The molecule has 0 unspecified atom stereocenters. The minimum atomic E-state index is -3.48. The van der Waals surface area contributed by atoms with Gasteiger partial charge in [-0.15, -0.1) is 0 Å². The molecule has 0 atom stereocenters. The molecule has 0 aliphatic carbocycles. The third-order valence-electron chi connectivity index (χ3n) is 2.57. The maximum Gasteiger partial charge on any atom is 0.204 e. The van der Waals surface area contributed by atoms with Crippen LogP contribution >= 0.6 is 0 Å². The second kappa shape index (κ2) is 4.00. The average molecular weight is 252 g/mol. The van der Waals surface area contributed by atoms with Crippen molar-refractivity contribution in [2.75, 3.05) is 7.11 Å². The van der Waals surface area contributed by atoms with Crippen molar-refractivity contribution in [2.24, 2.45) is 0 Å². The molecule has 0 bridgehead atoms. The number of carbonyl (C=O) groups excluding carboxylic acids is 1. The molecule has 4 nitrogen and oxygen atoms in total. The number of fused-ring (bicyclic) bond motifs is 1. The summed E-state index contributed by atoms with van der Waals surface area (Å²) in [5.41, 5.74) is 1.10. The SMILES string of the molecule is COc1cccc2c1S(=O)(=O)C=C2CC(C)=O. The van der Waals surface area contributed by atoms with Crippen LogP contribution in [0.5, 0.6) is 5.75 Å². The number of allylic oxidation sites excluding steroid dienone is 1. The van der Waals surface area contributed by atoms with E-state index in [1.807, 2.05) is 0 Å². The number of sulfone groups is 1. The lowest BCUT2D eigenvalue weighted by molar-refractivity contribution is -0.116. The molecule has 0 spiro atoms. The van der Waals surface area contributed by atoms with Gasteiger partial charge in [0.15, 0.2) is 0 Å². The Morgan fingerprint density at radius 2 is 2.06 bits per heavy atom. The molecule has 5 heteroatoms. The van der Waals surface area contributed by atoms with Crippen molar-refractivity contribution in [1.29, 1.82) is 0 Å². The summed E-state index contributed by atoms with van der Waals surface area (Å²) in [5, 5.41) is 1.15. The molecule has 1 aliphatic rings. The first-order valence-electron chi connectivity index (χ1n) is 5.08. The Labute approximate surface area is 99.8 Å². The number of methoxy groups -OCH3 is 1. The minimum Gasteiger partial charge on any atom is -0.495 e. The van der Waals surface area contributed by atoms with Crippen molar-refractivity contribution in [3.8, 4) is 5.75 Å². The summed E-state index contributed by atoms with van der Waals surface area (Å²) in [5.74, 6) is 0.249. The summed E-state index contributed by atoms with van der Waals surface area (Å²) in [7, 11) is -2.06. The van der Waals surface area contributed by atoms with Crippen LogP contribution in [0, 0.1) is 0 Å². The first-order chi connectivity index (χ1) is 7.95. The molecule has 0 radical (unpaired) electrons. The Kier molecular flexibility index (Phi) is 2.79. The highest BCUT2D eigenvalue weighted by Gasteiger charge is 2.30. The van der Waals surface area contributed by atoms with Crippen molar-refractivity contribution in [3.05, 3.63) is 29.2 Å². The largest absolute Gasteiger partial charge is 0.495 e. The van der Waals surface area contributed by atoms with Gasteiger partial charge >= 0.3 is 0 Å². The highest BCUT2D eigenvalue weighted by molar-refractivity contribution is 7.95. The Hall–Kier alpha value is -1.62. The molecule has 0 N–H and O–H groups in total. The molecule has 1 aromatic rings. The van der Waals surface area contributed by atoms with Crippen LogP contribution in [0.15, 0.2) is 28.5 Å². The fraction of sp³-hybridized carbons (Fsp3) is 0.250. The topological polar surface area (TPSA) is 60.4 Å². The van der Waals surface area contributed by atoms with Crippen LogP contribution in [-0.4, -0.2) is 21.3 Å². The van der Waals surface area contributed by atoms with Crippen LogP contribution in [0.3, 0.4) is 0 Å². The maximum absolute atomic E-state index is 12.0. The van der Waals surface area contributed by atoms with Gasteiger partial charge in [-0.05, 0) is 18.6 Å². The summed E-state index contributed by atoms with van der Waals surface area (Å²) >= 11 is 0. The zero-order valence-electron chi connectivity index (χ0n) is 9.56. The first kappa shape index (κ1) is 11.9. The molecule has 1 aliphatic heterocycles. The molecule has 0 saturated carbocycles. The van der Waals surface area contributed by atoms with Crippen LogP contribution in [0.2, 0.25) is 0 Å². The van der Waals surface area contributed by atoms with Gasteiger partial charge in [0, 0.05) is 17.4 Å². The van der Waals surface area contributed by atoms with E-state index in [0.29, 0.717) is 16.9 Å². The van der Waals surface area contributed by atoms with E-state index in [0.717, 1.165) is 5.41 Å². The minimum absolute atomic E-state index is 0.0675. The fourth-order valence-corrected chi connectivity index (χ4v) is 3.58. The summed E-state index contributed by atoms with van der Waals surface area (Å²) in [6, 6.07) is 5.00. The van der Waals surface area contributed by atoms with Gasteiger partial charge < -0.3 is 4.74 Å². The number of hydrogen-bond acceptors (Lipinski definition) is 4. The summed E-state index contributed by atoms with van der Waals surface area (Å²) in [6.45, 7) is 1.44. The van der Waals surface area contributed by atoms with Crippen molar-refractivity contribution in [2.45, 2.75) is 18.2 Å². The van der Waals surface area contributed by atoms with Crippen LogP contribution in [0.1, 0.15) is 18.9 Å². The van der Waals surface area contributed by atoms with Gasteiger partial charge in [0.25, 0.3) is 0 Å². The van der Waals surface area contributed by atoms with Gasteiger partial charge in [0.1, 0.15) is 16.4 Å². The maximum atomic E-state index is 12.0. The van der Waals surface area contributed by atoms with Gasteiger partial charge in [-0.3, -0.25) is 4.79 Å². The van der Waals surface area contributed by atoms with Crippen LogP contribution < -0.4 is 4.74 Å². The predicted octanol–water partition coefficient (Wildman–Crippen LogP) is 1.80. The third kappa shape index (κ3) is 1.98. The van der Waals surface area contributed by atoms with Crippen LogP contribution in [0.4, 0.5) is 0 Å². The number of carbonyl (C=O) groups is 1. The second-order valence-corrected chi connectivity index (χ2v) is 5.64. The Morgan fingerprint density at radius 3 is 2.65 bits per heavy atom. The molecule has 17 heavy (non-hydrogen) atoms. The fourth-order valence-electron chi connectivity index (χ4n) is 1.94. The molecule has 0 aromatic heterocycles. The Morgan fingerprint density at radius 1 is 1.35 bits per heavy atom. The van der Waals surface area contributed by atoms with E-state index in [2.05, 4.69) is 0 Å². The monoisotopic (exact) mass is 252 g/mol. The van der Waals surface area contributed by atoms with E-state index in [4.69, 9.17) is 4.74 Å². The first-order valence-corrected chi connectivity index (χ1v) is 6.63. The molecule has 2 rings (SSSR count). The number of Topliss-reactive ketones (excluding diaryl/α,β-unsaturated/α-hetero) is 1. The summed E-state index contributed by atoms with van der Waals surface area (Å²) < 4.78 is 29.0. The van der Waals surface area contributed by atoms with E-state index >= 15 is 0 Å². The molecule has 1 aromatic carbocycles. The molecule has 0 saturated heterocycles. The van der Waals surface area contributed by atoms with Gasteiger partial charge in [0.05, 0.1) is 7.11 Å². The lowest BCUT2D eigenvalue weighted by atomic mass is 10.0. The van der Waals surface area contributed by atoms with Gasteiger partial charge in [-0.25, -0.2) is 8.42 Å². The van der Waals surface area contributed by atoms with Crippen LogP contribution in [0.25, 0.3) is 5.57 Å². The standard InChI is InChI=1S/C12H12O4S/c1-8(13)6-9-7-17(14,15)12-10(9)4-3-5-11(12)16-2/h3-5,7H,6H2,1-2H3. The van der Waals surface area contributed by atoms with Gasteiger partial charge in [-0.1, -0.05) is 12.1 Å². The Balaban J connectivity index is 2.64. The van der Waals surface area contributed by atoms with E-state index in [1.54, 1.807) is 18.2 Å². The lowest BCUT2D eigenvalue weighted by Gasteiger charge is -2.07. The van der Waals surface area contributed by atoms with E-state index in [-0.39, 0.29) is 17.1 Å². The van der Waals surface area contributed by atoms with Crippen molar-refractivity contribution >= 4 is 21.2 Å². The molecule has 1 heterocycles. The Bertz CT molecular complexity index is 611. The number of hydrogen-bond donors (Lipinski definition) is 0. The molecular weight excluding hydrogens is 240 g/mol. The number of benzene rings is 1. The quantitative estimate of drug-likeness (QED) is 0.823. The highest BCUT2D eigenvalue weighted by Crippen LogP contribution is 2.40.